The number of rotatable bonds is 4. The maximum Gasteiger partial charge on any atom is 0.147 e. The Kier molecular flexibility index (Phi) is 5.10. The van der Waals surface area contributed by atoms with E-state index in [1.165, 1.54) is 11.6 Å². The van der Waals surface area contributed by atoms with Crippen molar-refractivity contribution in [2.75, 3.05) is 48.4 Å². The highest BCUT2D eigenvalue weighted by Crippen LogP contribution is 2.33. The minimum Gasteiger partial charge on any atom is -0.378 e. The van der Waals surface area contributed by atoms with Gasteiger partial charge in [0.2, 0.25) is 0 Å². The largest absolute Gasteiger partial charge is 0.378 e. The Morgan fingerprint density at radius 3 is 2.46 bits per heavy atom. The van der Waals surface area contributed by atoms with Gasteiger partial charge in [-0.1, -0.05) is 24.3 Å². The van der Waals surface area contributed by atoms with Gasteiger partial charge >= 0.3 is 0 Å². The molecule has 144 valence electrons. The highest BCUT2D eigenvalue weighted by atomic mass is 19.1. The Morgan fingerprint density at radius 2 is 1.79 bits per heavy atom. The van der Waals surface area contributed by atoms with Crippen molar-refractivity contribution in [2.24, 2.45) is 0 Å². The standard InChI is InChI=1S/C22H24FN5/c1-26(2)18-9-7-17(8-10-18)21-16-27(20-6-4-3-5-19(20)23)13-14-28(21)22-15-24-11-12-25-22/h3-12,15,21H,13-14,16H2,1-2H3. The first kappa shape index (κ1) is 18.2. The number of aromatic nitrogens is 2. The van der Waals surface area contributed by atoms with E-state index in [2.05, 4.69) is 48.9 Å². The van der Waals surface area contributed by atoms with Crippen LogP contribution in [0, 0.1) is 5.82 Å². The molecule has 0 spiro atoms. The minimum atomic E-state index is -0.183. The highest BCUT2D eigenvalue weighted by Gasteiger charge is 2.30. The second-order valence-electron chi connectivity index (χ2n) is 7.16. The summed E-state index contributed by atoms with van der Waals surface area (Å²) in [5, 5.41) is 0. The molecule has 28 heavy (non-hydrogen) atoms. The molecule has 0 saturated carbocycles. The lowest BCUT2D eigenvalue weighted by molar-refractivity contribution is 0.523. The summed E-state index contributed by atoms with van der Waals surface area (Å²) in [6.07, 6.45) is 5.19. The molecular formula is C22H24FN5. The lowest BCUT2D eigenvalue weighted by atomic mass is 10.0. The lowest BCUT2D eigenvalue weighted by Crippen LogP contribution is -2.49. The predicted octanol–water partition coefficient (Wildman–Crippen LogP) is 3.75. The van der Waals surface area contributed by atoms with Gasteiger partial charge in [0.15, 0.2) is 0 Å². The number of halogens is 1. The Hall–Kier alpha value is -3.15. The van der Waals surface area contributed by atoms with Crippen LogP contribution in [0.4, 0.5) is 21.6 Å². The van der Waals surface area contributed by atoms with Crippen LogP contribution >= 0.6 is 0 Å². The monoisotopic (exact) mass is 377 g/mol. The van der Waals surface area contributed by atoms with Gasteiger partial charge in [-0.3, -0.25) is 4.98 Å². The average Bonchev–Trinajstić information content (AvgIpc) is 2.74. The molecule has 0 radical (unpaired) electrons. The first-order chi connectivity index (χ1) is 13.6. The number of hydrogen-bond donors (Lipinski definition) is 0. The number of anilines is 3. The van der Waals surface area contributed by atoms with Crippen molar-refractivity contribution in [3.05, 3.63) is 78.5 Å². The van der Waals surface area contributed by atoms with Gasteiger partial charge < -0.3 is 14.7 Å². The van der Waals surface area contributed by atoms with Gasteiger partial charge in [-0.15, -0.1) is 0 Å². The van der Waals surface area contributed by atoms with Gasteiger partial charge in [0.1, 0.15) is 11.6 Å². The zero-order chi connectivity index (χ0) is 19.5. The Labute approximate surface area is 165 Å². The zero-order valence-corrected chi connectivity index (χ0v) is 16.2. The molecule has 0 bridgehead atoms. The summed E-state index contributed by atoms with van der Waals surface area (Å²) in [6.45, 7) is 2.15. The van der Waals surface area contributed by atoms with Crippen LogP contribution in [0.1, 0.15) is 11.6 Å². The number of para-hydroxylation sites is 1. The van der Waals surface area contributed by atoms with Crippen molar-refractivity contribution in [1.82, 2.24) is 9.97 Å². The number of benzene rings is 2. The van der Waals surface area contributed by atoms with E-state index < -0.39 is 0 Å². The van der Waals surface area contributed by atoms with E-state index in [9.17, 15) is 4.39 Å². The molecular weight excluding hydrogens is 353 g/mol. The van der Waals surface area contributed by atoms with Gasteiger partial charge in [0.25, 0.3) is 0 Å². The molecule has 1 aromatic heterocycles. The number of piperazine rings is 1. The molecule has 1 saturated heterocycles. The van der Waals surface area contributed by atoms with Crippen molar-refractivity contribution in [1.29, 1.82) is 0 Å². The van der Waals surface area contributed by atoms with E-state index in [4.69, 9.17) is 0 Å². The third-order valence-corrected chi connectivity index (χ3v) is 5.21. The maximum absolute atomic E-state index is 14.4. The molecule has 0 N–H and O–H groups in total. The summed E-state index contributed by atoms with van der Waals surface area (Å²) in [5.41, 5.74) is 2.98. The Balaban J connectivity index is 1.68. The number of nitrogens with zero attached hydrogens (tertiary/aromatic N) is 5. The molecule has 2 heterocycles. The molecule has 1 aliphatic rings. The van der Waals surface area contributed by atoms with E-state index in [1.54, 1.807) is 24.7 Å². The van der Waals surface area contributed by atoms with Crippen molar-refractivity contribution in [3.63, 3.8) is 0 Å². The first-order valence-corrected chi connectivity index (χ1v) is 9.43. The quantitative estimate of drug-likeness (QED) is 0.692. The van der Waals surface area contributed by atoms with Crippen molar-refractivity contribution in [3.8, 4) is 0 Å². The third-order valence-electron chi connectivity index (χ3n) is 5.21. The van der Waals surface area contributed by atoms with Gasteiger partial charge in [-0.05, 0) is 29.8 Å². The van der Waals surface area contributed by atoms with Gasteiger partial charge in [0, 0.05) is 51.8 Å². The fraction of sp³-hybridized carbons (Fsp3) is 0.273. The van der Waals surface area contributed by atoms with Crippen LogP contribution in [0.2, 0.25) is 0 Å². The fourth-order valence-electron chi connectivity index (χ4n) is 3.70. The molecule has 5 nitrogen and oxygen atoms in total. The topological polar surface area (TPSA) is 35.5 Å². The summed E-state index contributed by atoms with van der Waals surface area (Å²) in [6, 6.07) is 15.6. The molecule has 2 aromatic carbocycles. The zero-order valence-electron chi connectivity index (χ0n) is 16.2. The fourth-order valence-corrected chi connectivity index (χ4v) is 3.70. The first-order valence-electron chi connectivity index (χ1n) is 9.43. The molecule has 6 heteroatoms. The van der Waals surface area contributed by atoms with Crippen molar-refractivity contribution < 1.29 is 4.39 Å². The van der Waals surface area contributed by atoms with Crippen LogP contribution < -0.4 is 14.7 Å². The van der Waals surface area contributed by atoms with Crippen LogP contribution in [0.25, 0.3) is 0 Å². The molecule has 4 rings (SSSR count). The molecule has 1 atom stereocenters. The molecule has 1 aliphatic heterocycles. The normalized spacial score (nSPS) is 16.9. The van der Waals surface area contributed by atoms with E-state index >= 15 is 0 Å². The Morgan fingerprint density at radius 1 is 1.00 bits per heavy atom. The van der Waals surface area contributed by atoms with Crippen molar-refractivity contribution in [2.45, 2.75) is 6.04 Å². The second-order valence-corrected chi connectivity index (χ2v) is 7.16. The van der Waals surface area contributed by atoms with Crippen LogP contribution in [-0.2, 0) is 0 Å². The highest BCUT2D eigenvalue weighted by molar-refractivity contribution is 5.54. The van der Waals surface area contributed by atoms with Gasteiger partial charge in [-0.2, -0.15) is 0 Å². The van der Waals surface area contributed by atoms with Crippen molar-refractivity contribution >= 4 is 17.2 Å². The second kappa shape index (κ2) is 7.84. The van der Waals surface area contributed by atoms with E-state index in [-0.39, 0.29) is 11.9 Å². The lowest BCUT2D eigenvalue weighted by Gasteiger charge is -2.43. The molecule has 0 amide bonds. The minimum absolute atomic E-state index is 0.0567. The number of hydrogen-bond acceptors (Lipinski definition) is 5. The van der Waals surface area contributed by atoms with E-state index in [1.807, 2.05) is 26.2 Å². The van der Waals surface area contributed by atoms with Crippen LogP contribution in [0.3, 0.4) is 0 Å². The Bertz CT molecular complexity index is 914. The average molecular weight is 377 g/mol. The summed E-state index contributed by atoms with van der Waals surface area (Å²) in [7, 11) is 4.06. The maximum atomic E-state index is 14.4. The summed E-state index contributed by atoms with van der Waals surface area (Å²) in [5.74, 6) is 0.662. The van der Waals surface area contributed by atoms with Crippen LogP contribution in [0.15, 0.2) is 67.1 Å². The molecule has 0 aliphatic carbocycles. The molecule has 3 aromatic rings. The SMILES string of the molecule is CN(C)c1ccc(C2CN(c3ccccc3F)CCN2c2cnccn2)cc1. The third kappa shape index (κ3) is 3.63. The summed E-state index contributed by atoms with van der Waals surface area (Å²) >= 11 is 0. The van der Waals surface area contributed by atoms with Crippen LogP contribution in [0.5, 0.6) is 0 Å². The molecule has 1 unspecified atom stereocenters. The van der Waals surface area contributed by atoms with Gasteiger partial charge in [0.05, 0.1) is 17.9 Å². The summed E-state index contributed by atoms with van der Waals surface area (Å²) < 4.78 is 14.4. The van der Waals surface area contributed by atoms with E-state index in [0.717, 1.165) is 24.6 Å². The summed E-state index contributed by atoms with van der Waals surface area (Å²) in [4.78, 5) is 15.2. The van der Waals surface area contributed by atoms with Gasteiger partial charge in [-0.25, -0.2) is 9.37 Å². The molecule has 1 fully saturated rings. The van der Waals surface area contributed by atoms with E-state index in [0.29, 0.717) is 12.2 Å². The van der Waals surface area contributed by atoms with Crippen LogP contribution in [-0.4, -0.2) is 43.7 Å². The smallest absolute Gasteiger partial charge is 0.147 e. The predicted molar refractivity (Wildman–Crippen MR) is 112 cm³/mol.